The van der Waals surface area contributed by atoms with E-state index in [2.05, 4.69) is 20.5 Å². The van der Waals surface area contributed by atoms with E-state index in [9.17, 15) is 9.90 Å². The summed E-state index contributed by atoms with van der Waals surface area (Å²) in [5.74, 6) is 0.353. The van der Waals surface area contributed by atoms with Crippen LogP contribution in [0.2, 0.25) is 0 Å². The molecule has 0 aliphatic rings. The van der Waals surface area contributed by atoms with E-state index >= 15 is 0 Å². The summed E-state index contributed by atoms with van der Waals surface area (Å²) in [5.41, 5.74) is 2.01. The van der Waals surface area contributed by atoms with Gasteiger partial charge in [-0.25, -0.2) is 9.78 Å². The van der Waals surface area contributed by atoms with E-state index in [0.717, 1.165) is 5.39 Å². The lowest BCUT2D eigenvalue weighted by Crippen LogP contribution is -2.15. The molecule has 2 N–H and O–H groups in total. The normalized spacial score (nSPS) is 10.9. The number of rotatable bonds is 6. The first-order valence-electron chi connectivity index (χ1n) is 8.32. The molecule has 0 amide bonds. The second-order valence-corrected chi connectivity index (χ2v) is 6.21. The molecule has 0 radical (unpaired) electrons. The van der Waals surface area contributed by atoms with Crippen molar-refractivity contribution < 1.29 is 19.4 Å². The number of ether oxygens (including phenoxy) is 2. The summed E-state index contributed by atoms with van der Waals surface area (Å²) in [6.07, 6.45) is 3.19. The van der Waals surface area contributed by atoms with E-state index in [-0.39, 0.29) is 11.6 Å². The standard InChI is InChI=1S/C19H20N4O4/c1-10(2)22-18-13(19(24)25)5-11(8-20-18)14-9-21-23-15-7-17(27-4)16(26-3)6-12(14)15/h5-10H,1-4H3,(H,20,22)(H,24,25). The Morgan fingerprint density at radius 1 is 1.11 bits per heavy atom. The Labute approximate surface area is 156 Å². The molecule has 2 heterocycles. The number of methoxy groups -OCH3 is 2. The van der Waals surface area contributed by atoms with Crippen molar-refractivity contribution in [2.45, 2.75) is 19.9 Å². The van der Waals surface area contributed by atoms with Crippen LogP contribution in [0.1, 0.15) is 24.2 Å². The van der Waals surface area contributed by atoms with Crippen molar-refractivity contribution in [3.8, 4) is 22.6 Å². The summed E-state index contributed by atoms with van der Waals surface area (Å²) in [7, 11) is 3.10. The minimum absolute atomic E-state index is 0.0570. The number of fused-ring (bicyclic) bond motifs is 1. The number of anilines is 1. The number of carboxylic acid groups (broad SMARTS) is 1. The molecule has 140 valence electrons. The summed E-state index contributed by atoms with van der Waals surface area (Å²) in [6, 6.07) is 5.15. The Morgan fingerprint density at radius 2 is 1.81 bits per heavy atom. The van der Waals surface area contributed by atoms with E-state index in [4.69, 9.17) is 9.47 Å². The van der Waals surface area contributed by atoms with Crippen molar-refractivity contribution in [1.82, 2.24) is 15.2 Å². The van der Waals surface area contributed by atoms with E-state index in [1.54, 1.807) is 44.8 Å². The molecular weight excluding hydrogens is 348 g/mol. The number of benzene rings is 1. The van der Waals surface area contributed by atoms with Gasteiger partial charge >= 0.3 is 5.97 Å². The summed E-state index contributed by atoms with van der Waals surface area (Å²) >= 11 is 0. The van der Waals surface area contributed by atoms with Gasteiger partial charge in [-0.2, -0.15) is 10.2 Å². The van der Waals surface area contributed by atoms with Gasteiger partial charge in [-0.15, -0.1) is 0 Å². The first-order chi connectivity index (χ1) is 12.9. The molecule has 0 aliphatic heterocycles. The van der Waals surface area contributed by atoms with Crippen LogP contribution < -0.4 is 14.8 Å². The van der Waals surface area contributed by atoms with Crippen molar-refractivity contribution in [2.75, 3.05) is 19.5 Å². The van der Waals surface area contributed by atoms with E-state index in [1.165, 1.54) is 0 Å². The molecule has 0 unspecified atom stereocenters. The second-order valence-electron chi connectivity index (χ2n) is 6.21. The maximum Gasteiger partial charge on any atom is 0.339 e. The first kappa shape index (κ1) is 18.4. The lowest BCUT2D eigenvalue weighted by Gasteiger charge is -2.14. The van der Waals surface area contributed by atoms with Gasteiger partial charge in [-0.1, -0.05) is 0 Å². The monoisotopic (exact) mass is 368 g/mol. The molecule has 8 nitrogen and oxygen atoms in total. The van der Waals surface area contributed by atoms with Gasteiger partial charge in [0.15, 0.2) is 11.5 Å². The molecule has 0 aliphatic carbocycles. The van der Waals surface area contributed by atoms with Crippen LogP contribution in [0, 0.1) is 0 Å². The van der Waals surface area contributed by atoms with Crippen LogP contribution in [0.15, 0.2) is 30.6 Å². The average Bonchev–Trinajstić information content (AvgIpc) is 2.66. The van der Waals surface area contributed by atoms with Crippen molar-refractivity contribution in [2.24, 2.45) is 0 Å². The molecule has 1 aromatic carbocycles. The number of hydrogen-bond acceptors (Lipinski definition) is 7. The number of hydrogen-bond donors (Lipinski definition) is 2. The maximum atomic E-state index is 11.7. The summed E-state index contributed by atoms with van der Waals surface area (Å²) in [4.78, 5) is 16.0. The Balaban J connectivity index is 2.20. The van der Waals surface area contributed by atoms with E-state index < -0.39 is 5.97 Å². The molecule has 0 atom stereocenters. The molecular formula is C19H20N4O4. The fraction of sp³-hybridized carbons (Fsp3) is 0.263. The van der Waals surface area contributed by atoms with E-state index in [1.807, 2.05) is 13.8 Å². The minimum atomic E-state index is -1.06. The Hall–Kier alpha value is -3.42. The third-order valence-corrected chi connectivity index (χ3v) is 4.00. The van der Waals surface area contributed by atoms with Gasteiger partial charge in [0.1, 0.15) is 11.4 Å². The lowest BCUT2D eigenvalue weighted by atomic mass is 10.0. The second kappa shape index (κ2) is 7.45. The molecule has 0 saturated heterocycles. The van der Waals surface area contributed by atoms with Gasteiger partial charge in [0.2, 0.25) is 0 Å². The molecule has 2 aromatic heterocycles. The number of carboxylic acids is 1. The molecule has 3 aromatic rings. The third-order valence-electron chi connectivity index (χ3n) is 4.00. The summed E-state index contributed by atoms with van der Waals surface area (Å²) in [6.45, 7) is 3.84. The average molecular weight is 368 g/mol. The van der Waals surface area contributed by atoms with Gasteiger partial charge in [0.05, 0.1) is 25.9 Å². The predicted octanol–water partition coefficient (Wildman–Crippen LogP) is 3.23. The number of pyridine rings is 1. The van der Waals surface area contributed by atoms with Crippen molar-refractivity contribution >= 4 is 22.7 Å². The van der Waals surface area contributed by atoms with E-state index in [0.29, 0.717) is 34.0 Å². The molecule has 8 heteroatoms. The zero-order valence-corrected chi connectivity index (χ0v) is 15.5. The fourth-order valence-electron chi connectivity index (χ4n) is 2.78. The van der Waals surface area contributed by atoms with Crippen molar-refractivity contribution in [3.63, 3.8) is 0 Å². The highest BCUT2D eigenvalue weighted by Gasteiger charge is 2.17. The van der Waals surface area contributed by atoms with Crippen LogP contribution in [0.3, 0.4) is 0 Å². The van der Waals surface area contributed by atoms with Crippen molar-refractivity contribution in [3.05, 3.63) is 36.2 Å². The quantitative estimate of drug-likeness (QED) is 0.683. The topological polar surface area (TPSA) is 106 Å². The van der Waals surface area contributed by atoms with Gasteiger partial charge in [0.25, 0.3) is 0 Å². The Morgan fingerprint density at radius 3 is 2.44 bits per heavy atom. The number of carbonyl (C=O) groups is 1. The summed E-state index contributed by atoms with van der Waals surface area (Å²) < 4.78 is 10.7. The molecule has 0 bridgehead atoms. The maximum absolute atomic E-state index is 11.7. The predicted molar refractivity (Wildman–Crippen MR) is 102 cm³/mol. The van der Waals surface area contributed by atoms with Crippen LogP contribution >= 0.6 is 0 Å². The summed E-state index contributed by atoms with van der Waals surface area (Å²) in [5, 5.41) is 21.5. The van der Waals surface area contributed by atoms with Gasteiger partial charge in [-0.3, -0.25) is 0 Å². The van der Waals surface area contributed by atoms with Crippen LogP contribution in [-0.4, -0.2) is 46.5 Å². The fourth-order valence-corrected chi connectivity index (χ4v) is 2.78. The van der Waals surface area contributed by atoms with Gasteiger partial charge in [-0.05, 0) is 26.0 Å². The zero-order valence-electron chi connectivity index (χ0n) is 15.5. The van der Waals surface area contributed by atoms with Crippen LogP contribution in [0.5, 0.6) is 11.5 Å². The van der Waals surface area contributed by atoms with Gasteiger partial charge in [0, 0.05) is 34.8 Å². The highest BCUT2D eigenvalue weighted by atomic mass is 16.5. The lowest BCUT2D eigenvalue weighted by molar-refractivity contribution is 0.0697. The van der Waals surface area contributed by atoms with Crippen LogP contribution in [-0.2, 0) is 0 Å². The Bertz CT molecular complexity index is 1000. The SMILES string of the molecule is COc1cc2nncc(-c3cnc(NC(C)C)c(C(=O)O)c3)c2cc1OC. The third kappa shape index (κ3) is 3.59. The highest BCUT2D eigenvalue weighted by Crippen LogP contribution is 2.36. The minimum Gasteiger partial charge on any atom is -0.493 e. The highest BCUT2D eigenvalue weighted by molar-refractivity contribution is 5.99. The Kier molecular flexibility index (Phi) is 5.07. The largest absolute Gasteiger partial charge is 0.493 e. The molecule has 0 fully saturated rings. The molecule has 0 saturated carbocycles. The number of nitrogens with zero attached hydrogens (tertiary/aromatic N) is 3. The number of aromatic nitrogens is 3. The van der Waals surface area contributed by atoms with Crippen LogP contribution in [0.4, 0.5) is 5.82 Å². The first-order valence-corrected chi connectivity index (χ1v) is 8.32. The van der Waals surface area contributed by atoms with Crippen molar-refractivity contribution in [1.29, 1.82) is 0 Å². The molecule has 3 rings (SSSR count). The number of nitrogens with one attached hydrogen (secondary N) is 1. The van der Waals surface area contributed by atoms with Gasteiger partial charge < -0.3 is 19.9 Å². The zero-order chi connectivity index (χ0) is 19.6. The molecule has 27 heavy (non-hydrogen) atoms. The van der Waals surface area contributed by atoms with Crippen LogP contribution in [0.25, 0.3) is 22.0 Å². The molecule has 0 spiro atoms. The smallest absolute Gasteiger partial charge is 0.339 e. The number of aromatic carboxylic acids is 1.